The molecule has 1 heterocycles. The third kappa shape index (κ3) is 4.15. The van der Waals surface area contributed by atoms with Crippen molar-refractivity contribution in [2.24, 2.45) is 0 Å². The summed E-state index contributed by atoms with van der Waals surface area (Å²) in [7, 11) is 0. The van der Waals surface area contributed by atoms with Gasteiger partial charge in [-0.1, -0.05) is 6.92 Å². The van der Waals surface area contributed by atoms with Gasteiger partial charge in [0, 0.05) is 11.1 Å². The molecule has 0 fully saturated rings. The third-order valence-corrected chi connectivity index (χ3v) is 4.57. The quantitative estimate of drug-likeness (QED) is 0.528. The summed E-state index contributed by atoms with van der Waals surface area (Å²) < 4.78 is 46.5. The van der Waals surface area contributed by atoms with Crippen LogP contribution in [0.5, 0.6) is 17.2 Å². The molecule has 0 saturated carbocycles. The Hall–Kier alpha value is -2.76. The van der Waals surface area contributed by atoms with Gasteiger partial charge in [0.15, 0.2) is 0 Å². The standard InChI is InChI=1S/C21H20F3NO2/c1-5-18-14(4)13(3)17-11-20(12(2)10-19(17)25-18)26-15-6-8-16(9-7-15)27-21(22,23)24/h6-11H,5H2,1-4H3. The van der Waals surface area contributed by atoms with E-state index in [1.165, 1.54) is 24.3 Å². The van der Waals surface area contributed by atoms with E-state index in [0.29, 0.717) is 11.5 Å². The molecule has 2 aromatic carbocycles. The van der Waals surface area contributed by atoms with Gasteiger partial charge in [0.1, 0.15) is 17.2 Å². The van der Waals surface area contributed by atoms with Crippen LogP contribution < -0.4 is 9.47 Å². The van der Waals surface area contributed by atoms with Crippen LogP contribution in [0.2, 0.25) is 0 Å². The second kappa shape index (κ2) is 7.10. The van der Waals surface area contributed by atoms with E-state index in [1.807, 2.05) is 19.1 Å². The van der Waals surface area contributed by atoms with E-state index in [0.717, 1.165) is 39.7 Å². The lowest BCUT2D eigenvalue weighted by molar-refractivity contribution is -0.274. The summed E-state index contributed by atoms with van der Waals surface area (Å²) in [5, 5.41) is 1.00. The number of benzene rings is 2. The van der Waals surface area contributed by atoms with Gasteiger partial charge < -0.3 is 9.47 Å². The van der Waals surface area contributed by atoms with Crippen molar-refractivity contribution in [3.8, 4) is 17.2 Å². The Morgan fingerprint density at radius 1 is 0.926 bits per heavy atom. The summed E-state index contributed by atoms with van der Waals surface area (Å²) in [5.41, 5.74) is 5.20. The molecule has 27 heavy (non-hydrogen) atoms. The van der Waals surface area contributed by atoms with Crippen LogP contribution in [-0.2, 0) is 6.42 Å². The lowest BCUT2D eigenvalue weighted by atomic mass is 10.00. The molecule has 0 bridgehead atoms. The molecular weight excluding hydrogens is 355 g/mol. The van der Waals surface area contributed by atoms with Crippen molar-refractivity contribution < 1.29 is 22.6 Å². The van der Waals surface area contributed by atoms with Crippen LogP contribution in [0, 0.1) is 20.8 Å². The number of hydrogen-bond acceptors (Lipinski definition) is 3. The fourth-order valence-corrected chi connectivity index (χ4v) is 3.00. The van der Waals surface area contributed by atoms with E-state index in [-0.39, 0.29) is 5.75 Å². The number of hydrogen-bond donors (Lipinski definition) is 0. The maximum Gasteiger partial charge on any atom is 0.573 e. The van der Waals surface area contributed by atoms with E-state index in [1.54, 1.807) is 0 Å². The van der Waals surface area contributed by atoms with Gasteiger partial charge in [0.05, 0.1) is 5.52 Å². The van der Waals surface area contributed by atoms with Gasteiger partial charge in [0.25, 0.3) is 0 Å². The molecular formula is C21H20F3NO2. The first kappa shape index (κ1) is 19.0. The normalized spacial score (nSPS) is 11.7. The first-order chi connectivity index (χ1) is 12.7. The highest BCUT2D eigenvalue weighted by atomic mass is 19.4. The molecule has 0 aliphatic heterocycles. The minimum absolute atomic E-state index is 0.284. The Balaban J connectivity index is 1.93. The maximum atomic E-state index is 12.3. The topological polar surface area (TPSA) is 31.4 Å². The zero-order chi connectivity index (χ0) is 19.8. The summed E-state index contributed by atoms with van der Waals surface area (Å²) in [6, 6.07) is 9.24. The molecule has 1 aromatic heterocycles. The average Bonchev–Trinajstić information content (AvgIpc) is 2.60. The van der Waals surface area contributed by atoms with Crippen molar-refractivity contribution in [2.75, 3.05) is 0 Å². The first-order valence-corrected chi connectivity index (χ1v) is 8.62. The van der Waals surface area contributed by atoms with Gasteiger partial charge in [0.2, 0.25) is 0 Å². The zero-order valence-corrected chi connectivity index (χ0v) is 15.6. The zero-order valence-electron chi connectivity index (χ0n) is 15.6. The highest BCUT2D eigenvalue weighted by molar-refractivity contribution is 5.86. The Labute approximate surface area is 155 Å². The van der Waals surface area contributed by atoms with Crippen LogP contribution >= 0.6 is 0 Å². The van der Waals surface area contributed by atoms with Crippen molar-refractivity contribution in [1.29, 1.82) is 0 Å². The Morgan fingerprint density at radius 2 is 1.56 bits per heavy atom. The number of alkyl halides is 3. The Bertz CT molecular complexity index is 980. The highest BCUT2D eigenvalue weighted by Gasteiger charge is 2.31. The highest BCUT2D eigenvalue weighted by Crippen LogP contribution is 2.33. The second-order valence-corrected chi connectivity index (χ2v) is 6.42. The summed E-state index contributed by atoms with van der Waals surface area (Å²) in [5.74, 6) is 0.785. The number of aromatic nitrogens is 1. The molecule has 0 N–H and O–H groups in total. The van der Waals surface area contributed by atoms with Crippen molar-refractivity contribution in [1.82, 2.24) is 4.98 Å². The van der Waals surface area contributed by atoms with Crippen LogP contribution in [0.25, 0.3) is 10.9 Å². The van der Waals surface area contributed by atoms with Gasteiger partial charge in [-0.05, 0) is 80.3 Å². The molecule has 0 aliphatic carbocycles. The lowest BCUT2D eigenvalue weighted by Gasteiger charge is -2.15. The largest absolute Gasteiger partial charge is 0.573 e. The molecule has 0 radical (unpaired) electrons. The van der Waals surface area contributed by atoms with E-state index < -0.39 is 6.36 Å². The molecule has 3 aromatic rings. The van der Waals surface area contributed by atoms with Crippen LogP contribution in [-0.4, -0.2) is 11.3 Å². The molecule has 0 atom stereocenters. The number of halogens is 3. The van der Waals surface area contributed by atoms with E-state index in [2.05, 4.69) is 25.5 Å². The molecule has 0 spiro atoms. The molecule has 6 heteroatoms. The van der Waals surface area contributed by atoms with Gasteiger partial charge in [-0.2, -0.15) is 0 Å². The molecule has 0 saturated heterocycles. The number of pyridine rings is 1. The summed E-state index contributed by atoms with van der Waals surface area (Å²) in [6.07, 6.45) is -3.84. The van der Waals surface area contributed by atoms with Gasteiger partial charge in [-0.15, -0.1) is 13.2 Å². The first-order valence-electron chi connectivity index (χ1n) is 8.62. The fraction of sp³-hybridized carbons (Fsp3) is 0.286. The molecule has 0 unspecified atom stereocenters. The average molecular weight is 375 g/mol. The van der Waals surface area contributed by atoms with Crippen LogP contribution in [0.4, 0.5) is 13.2 Å². The van der Waals surface area contributed by atoms with E-state index >= 15 is 0 Å². The predicted octanol–water partition coefficient (Wildman–Crippen LogP) is 6.41. The van der Waals surface area contributed by atoms with E-state index in [9.17, 15) is 13.2 Å². The summed E-state index contributed by atoms with van der Waals surface area (Å²) in [6.45, 7) is 8.11. The SMILES string of the molecule is CCc1nc2cc(C)c(Oc3ccc(OC(F)(F)F)cc3)cc2c(C)c1C. The van der Waals surface area contributed by atoms with Gasteiger partial charge >= 0.3 is 6.36 Å². The minimum atomic E-state index is -4.71. The molecule has 3 rings (SSSR count). The molecule has 0 amide bonds. The molecule has 0 aliphatic rings. The lowest BCUT2D eigenvalue weighted by Crippen LogP contribution is -2.16. The van der Waals surface area contributed by atoms with Crippen molar-refractivity contribution in [2.45, 2.75) is 40.5 Å². The maximum absolute atomic E-state index is 12.3. The molecule has 142 valence electrons. The summed E-state index contributed by atoms with van der Waals surface area (Å²) in [4.78, 5) is 4.73. The second-order valence-electron chi connectivity index (χ2n) is 6.42. The van der Waals surface area contributed by atoms with Crippen molar-refractivity contribution in [3.05, 3.63) is 58.8 Å². The van der Waals surface area contributed by atoms with Gasteiger partial charge in [-0.3, -0.25) is 4.98 Å². The predicted molar refractivity (Wildman–Crippen MR) is 98.5 cm³/mol. The van der Waals surface area contributed by atoms with Crippen LogP contribution in [0.1, 0.15) is 29.3 Å². The van der Waals surface area contributed by atoms with Crippen LogP contribution in [0.3, 0.4) is 0 Å². The fourth-order valence-electron chi connectivity index (χ4n) is 3.00. The van der Waals surface area contributed by atoms with Gasteiger partial charge in [-0.25, -0.2) is 0 Å². The number of aryl methyl sites for hydroxylation is 3. The van der Waals surface area contributed by atoms with Crippen LogP contribution in [0.15, 0.2) is 36.4 Å². The van der Waals surface area contributed by atoms with E-state index in [4.69, 9.17) is 9.72 Å². The number of fused-ring (bicyclic) bond motifs is 1. The Kier molecular flexibility index (Phi) is 5.00. The smallest absolute Gasteiger partial charge is 0.457 e. The van der Waals surface area contributed by atoms with Crippen molar-refractivity contribution >= 4 is 10.9 Å². The minimum Gasteiger partial charge on any atom is -0.457 e. The molecule has 3 nitrogen and oxygen atoms in total. The van der Waals surface area contributed by atoms with Crippen molar-refractivity contribution in [3.63, 3.8) is 0 Å². The Morgan fingerprint density at radius 3 is 2.15 bits per heavy atom. The number of ether oxygens (including phenoxy) is 2. The monoisotopic (exact) mass is 375 g/mol. The number of nitrogens with zero attached hydrogens (tertiary/aromatic N) is 1. The third-order valence-electron chi connectivity index (χ3n) is 4.57. The number of rotatable bonds is 4. The summed E-state index contributed by atoms with van der Waals surface area (Å²) >= 11 is 0.